The lowest BCUT2D eigenvalue weighted by atomic mass is 10.3. The molecule has 2 fully saturated rings. The number of rotatable bonds is 6. The average Bonchev–Trinajstić information content (AvgIpc) is 3.38. The van der Waals surface area contributed by atoms with Crippen LogP contribution in [0.15, 0.2) is 24.3 Å². The summed E-state index contributed by atoms with van der Waals surface area (Å²) in [6.45, 7) is 1.15. The van der Waals surface area contributed by atoms with E-state index in [0.717, 1.165) is 11.6 Å². The molecule has 0 aliphatic heterocycles. The van der Waals surface area contributed by atoms with Crippen LogP contribution in [0.4, 0.5) is 4.39 Å². The lowest BCUT2D eigenvalue weighted by Gasteiger charge is -2.07. The van der Waals surface area contributed by atoms with Crippen LogP contribution in [0.3, 0.4) is 0 Å². The summed E-state index contributed by atoms with van der Waals surface area (Å²) in [7, 11) is 0. The van der Waals surface area contributed by atoms with E-state index >= 15 is 0 Å². The number of hydrogen-bond donors (Lipinski definition) is 0. The van der Waals surface area contributed by atoms with Gasteiger partial charge in [-0.15, -0.1) is 0 Å². The zero-order chi connectivity index (χ0) is 14.2. The molecule has 2 aliphatic carbocycles. The van der Waals surface area contributed by atoms with Crippen molar-refractivity contribution in [1.29, 1.82) is 0 Å². The molecular weight excluding hydrogens is 269 g/mol. The topological polar surface area (TPSA) is 39.9 Å². The molecule has 5 heteroatoms. The molecule has 0 atom stereocenters. The van der Waals surface area contributed by atoms with Gasteiger partial charge in [-0.2, -0.15) is 5.10 Å². The Bertz CT molecular complexity index is 647. The lowest BCUT2D eigenvalue weighted by Crippen LogP contribution is -2.12. The van der Waals surface area contributed by atoms with Gasteiger partial charge < -0.3 is 4.74 Å². The van der Waals surface area contributed by atoms with E-state index in [-0.39, 0.29) is 5.82 Å². The summed E-state index contributed by atoms with van der Waals surface area (Å²) in [5, 5.41) is 4.63. The first-order chi connectivity index (χ1) is 10.3. The molecule has 21 heavy (non-hydrogen) atoms. The van der Waals surface area contributed by atoms with Crippen LogP contribution in [0, 0.1) is 5.82 Å². The first kappa shape index (κ1) is 12.8. The van der Waals surface area contributed by atoms with E-state index in [1.54, 1.807) is 12.1 Å². The highest BCUT2D eigenvalue weighted by Gasteiger charge is 2.34. The second-order valence-corrected chi connectivity index (χ2v) is 5.91. The average molecular weight is 287 g/mol. The SMILES string of the molecule is Fc1cccc(OCCn2nc(C3CC3)nc2C2CC2)c1. The summed E-state index contributed by atoms with van der Waals surface area (Å²) in [4.78, 5) is 4.71. The fraction of sp³-hybridized carbons (Fsp3) is 0.500. The van der Waals surface area contributed by atoms with Crippen molar-refractivity contribution in [2.45, 2.75) is 44.1 Å². The van der Waals surface area contributed by atoms with Gasteiger partial charge in [0, 0.05) is 17.9 Å². The van der Waals surface area contributed by atoms with Gasteiger partial charge in [0.05, 0.1) is 6.54 Å². The van der Waals surface area contributed by atoms with E-state index in [4.69, 9.17) is 9.72 Å². The fourth-order valence-corrected chi connectivity index (χ4v) is 2.50. The zero-order valence-electron chi connectivity index (χ0n) is 11.8. The maximum absolute atomic E-state index is 13.1. The van der Waals surface area contributed by atoms with Gasteiger partial charge >= 0.3 is 0 Å². The third kappa shape index (κ3) is 2.91. The Morgan fingerprint density at radius 3 is 2.71 bits per heavy atom. The Kier molecular flexibility index (Phi) is 3.13. The molecule has 0 amide bonds. The third-order valence-electron chi connectivity index (χ3n) is 3.97. The van der Waals surface area contributed by atoms with Crippen molar-refractivity contribution < 1.29 is 9.13 Å². The Hall–Kier alpha value is -1.91. The molecule has 0 spiro atoms. The number of halogens is 1. The summed E-state index contributed by atoms with van der Waals surface area (Å²) >= 11 is 0. The second-order valence-electron chi connectivity index (χ2n) is 5.91. The van der Waals surface area contributed by atoms with Gasteiger partial charge in [-0.1, -0.05) is 6.07 Å². The number of benzene rings is 1. The fourth-order valence-electron chi connectivity index (χ4n) is 2.50. The van der Waals surface area contributed by atoms with E-state index in [1.807, 2.05) is 4.68 Å². The summed E-state index contributed by atoms with van der Waals surface area (Å²) in [5.74, 6) is 3.56. The molecule has 2 aliphatic rings. The van der Waals surface area contributed by atoms with Gasteiger partial charge in [-0.3, -0.25) is 0 Å². The molecule has 0 N–H and O–H groups in total. The number of hydrogen-bond acceptors (Lipinski definition) is 3. The molecule has 0 unspecified atom stereocenters. The zero-order valence-corrected chi connectivity index (χ0v) is 11.8. The molecule has 1 aromatic heterocycles. The van der Waals surface area contributed by atoms with Crippen molar-refractivity contribution in [2.24, 2.45) is 0 Å². The number of ether oxygens (including phenoxy) is 1. The van der Waals surface area contributed by atoms with Crippen LogP contribution >= 0.6 is 0 Å². The first-order valence-corrected chi connectivity index (χ1v) is 7.62. The van der Waals surface area contributed by atoms with Crippen LogP contribution in [0.2, 0.25) is 0 Å². The molecule has 2 saturated carbocycles. The molecule has 1 heterocycles. The van der Waals surface area contributed by atoms with Gasteiger partial charge in [0.1, 0.15) is 24.0 Å². The van der Waals surface area contributed by atoms with Gasteiger partial charge in [0.15, 0.2) is 5.82 Å². The minimum atomic E-state index is -0.275. The Morgan fingerprint density at radius 2 is 2.00 bits per heavy atom. The smallest absolute Gasteiger partial charge is 0.154 e. The van der Waals surface area contributed by atoms with E-state index in [0.29, 0.717) is 30.7 Å². The summed E-state index contributed by atoms with van der Waals surface area (Å²) in [6.07, 6.45) is 4.86. The van der Waals surface area contributed by atoms with E-state index in [1.165, 1.54) is 37.8 Å². The summed E-state index contributed by atoms with van der Waals surface area (Å²) in [5.41, 5.74) is 0. The maximum atomic E-state index is 13.1. The van der Waals surface area contributed by atoms with Crippen LogP contribution in [-0.4, -0.2) is 21.4 Å². The van der Waals surface area contributed by atoms with Crippen LogP contribution in [0.1, 0.15) is 49.2 Å². The number of aromatic nitrogens is 3. The van der Waals surface area contributed by atoms with Crippen molar-refractivity contribution in [3.63, 3.8) is 0 Å². The van der Waals surface area contributed by atoms with E-state index in [9.17, 15) is 4.39 Å². The van der Waals surface area contributed by atoms with Gasteiger partial charge in [0.2, 0.25) is 0 Å². The molecule has 4 rings (SSSR count). The van der Waals surface area contributed by atoms with Crippen molar-refractivity contribution in [3.8, 4) is 5.75 Å². The highest BCUT2D eigenvalue weighted by atomic mass is 19.1. The van der Waals surface area contributed by atoms with E-state index < -0.39 is 0 Å². The Balaban J connectivity index is 1.42. The van der Waals surface area contributed by atoms with Crippen LogP contribution in [-0.2, 0) is 6.54 Å². The molecule has 110 valence electrons. The van der Waals surface area contributed by atoms with Crippen LogP contribution in [0.5, 0.6) is 5.75 Å². The van der Waals surface area contributed by atoms with Crippen LogP contribution in [0.25, 0.3) is 0 Å². The van der Waals surface area contributed by atoms with Gasteiger partial charge in [-0.05, 0) is 37.8 Å². The molecule has 4 nitrogen and oxygen atoms in total. The predicted octanol–water partition coefficient (Wildman–Crippen LogP) is 3.25. The highest BCUT2D eigenvalue weighted by Crippen LogP contribution is 2.42. The molecule has 0 bridgehead atoms. The predicted molar refractivity (Wildman–Crippen MR) is 75.9 cm³/mol. The first-order valence-electron chi connectivity index (χ1n) is 7.62. The largest absolute Gasteiger partial charge is 0.492 e. The normalized spacial score (nSPS) is 18.0. The second kappa shape index (κ2) is 5.13. The van der Waals surface area contributed by atoms with Gasteiger partial charge in [0.25, 0.3) is 0 Å². The highest BCUT2D eigenvalue weighted by molar-refractivity contribution is 5.22. The quantitative estimate of drug-likeness (QED) is 0.818. The van der Waals surface area contributed by atoms with E-state index in [2.05, 4.69) is 5.10 Å². The molecular formula is C16H18FN3O. The molecule has 0 saturated heterocycles. The minimum Gasteiger partial charge on any atom is -0.492 e. The number of nitrogens with zero attached hydrogens (tertiary/aromatic N) is 3. The third-order valence-corrected chi connectivity index (χ3v) is 3.97. The lowest BCUT2D eigenvalue weighted by molar-refractivity contribution is 0.287. The maximum Gasteiger partial charge on any atom is 0.154 e. The van der Waals surface area contributed by atoms with Crippen molar-refractivity contribution >= 4 is 0 Å². The molecule has 2 aromatic rings. The standard InChI is InChI=1S/C16H18FN3O/c17-13-2-1-3-14(10-13)21-9-8-20-16(12-6-7-12)18-15(19-20)11-4-5-11/h1-3,10-12H,4-9H2. The van der Waals surface area contributed by atoms with Crippen LogP contribution < -0.4 is 4.74 Å². The van der Waals surface area contributed by atoms with Gasteiger partial charge in [-0.25, -0.2) is 14.1 Å². The molecule has 1 aromatic carbocycles. The van der Waals surface area contributed by atoms with Crippen molar-refractivity contribution in [3.05, 3.63) is 41.7 Å². The summed E-state index contributed by atoms with van der Waals surface area (Å²) in [6, 6.07) is 6.24. The minimum absolute atomic E-state index is 0.275. The Labute approximate surface area is 123 Å². The van der Waals surface area contributed by atoms with Crippen molar-refractivity contribution in [1.82, 2.24) is 14.8 Å². The Morgan fingerprint density at radius 1 is 1.19 bits per heavy atom. The molecule has 0 radical (unpaired) electrons. The summed E-state index contributed by atoms with van der Waals surface area (Å²) < 4.78 is 20.7. The monoisotopic (exact) mass is 287 g/mol. The van der Waals surface area contributed by atoms with Crippen molar-refractivity contribution in [2.75, 3.05) is 6.61 Å².